The van der Waals surface area contributed by atoms with Gasteiger partial charge >= 0.3 is 0 Å². The first-order chi connectivity index (χ1) is 10.0. The summed E-state index contributed by atoms with van der Waals surface area (Å²) in [7, 11) is 0. The van der Waals surface area contributed by atoms with E-state index in [9.17, 15) is 5.11 Å². The minimum Gasteiger partial charge on any atom is -0.490 e. The summed E-state index contributed by atoms with van der Waals surface area (Å²) in [6.45, 7) is 6.85. The molecule has 3 N–H and O–H groups in total. The maximum absolute atomic E-state index is 10.6. The molecule has 0 aliphatic heterocycles. The third-order valence-corrected chi connectivity index (χ3v) is 3.41. The summed E-state index contributed by atoms with van der Waals surface area (Å²) in [4.78, 5) is 0. The van der Waals surface area contributed by atoms with E-state index in [4.69, 9.17) is 15.2 Å². The van der Waals surface area contributed by atoms with Crippen LogP contribution >= 0.6 is 0 Å². The summed E-state index contributed by atoms with van der Waals surface area (Å²) in [5.41, 5.74) is 4.81. The van der Waals surface area contributed by atoms with E-state index < -0.39 is 5.60 Å². The minimum atomic E-state index is -0.745. The lowest BCUT2D eigenvalue weighted by Gasteiger charge is -2.27. The van der Waals surface area contributed by atoms with E-state index in [0.717, 1.165) is 31.4 Å². The Morgan fingerprint density at radius 3 is 2.38 bits per heavy atom. The maximum atomic E-state index is 10.6. The number of nitrogens with two attached hydrogens (primary N) is 1. The number of hydrogen-bond donors (Lipinski definition) is 2. The van der Waals surface area contributed by atoms with Crippen LogP contribution in [0.3, 0.4) is 0 Å². The summed E-state index contributed by atoms with van der Waals surface area (Å²) in [6.07, 6.45) is 3.36. The summed E-state index contributed by atoms with van der Waals surface area (Å²) in [6, 6.07) is 7.47. The van der Waals surface area contributed by atoms with Gasteiger partial charge in [0.2, 0.25) is 0 Å². The number of benzene rings is 1. The Balaban J connectivity index is 2.63. The van der Waals surface area contributed by atoms with Gasteiger partial charge in [-0.25, -0.2) is 0 Å². The van der Waals surface area contributed by atoms with Gasteiger partial charge in [0.15, 0.2) is 0 Å². The van der Waals surface area contributed by atoms with Gasteiger partial charge in [0.25, 0.3) is 0 Å². The van der Waals surface area contributed by atoms with E-state index in [0.29, 0.717) is 18.9 Å². The largest absolute Gasteiger partial charge is 0.490 e. The number of hydrogen-bond acceptors (Lipinski definition) is 4. The lowest BCUT2D eigenvalue weighted by atomic mass is 9.94. The van der Waals surface area contributed by atoms with Gasteiger partial charge < -0.3 is 20.3 Å². The number of aliphatic hydroxyl groups is 1. The Morgan fingerprint density at radius 1 is 1.19 bits per heavy atom. The van der Waals surface area contributed by atoms with E-state index >= 15 is 0 Å². The Hall–Kier alpha value is -1.26. The van der Waals surface area contributed by atoms with Crippen molar-refractivity contribution in [3.63, 3.8) is 0 Å². The van der Waals surface area contributed by atoms with Crippen LogP contribution in [-0.4, -0.2) is 30.0 Å². The van der Waals surface area contributed by atoms with Crippen molar-refractivity contribution in [1.82, 2.24) is 0 Å². The second-order valence-corrected chi connectivity index (χ2v) is 5.65. The molecule has 0 bridgehead atoms. The summed E-state index contributed by atoms with van der Waals surface area (Å²) in [5, 5.41) is 10.6. The third-order valence-electron chi connectivity index (χ3n) is 3.41. The molecule has 0 fully saturated rings. The molecular weight excluding hydrogens is 266 g/mol. The molecule has 0 radical (unpaired) electrons. The molecule has 1 atom stereocenters. The molecule has 21 heavy (non-hydrogen) atoms. The van der Waals surface area contributed by atoms with Gasteiger partial charge in [-0.3, -0.25) is 0 Å². The third kappa shape index (κ3) is 6.36. The molecule has 1 aromatic carbocycles. The molecule has 0 aromatic heterocycles. The lowest BCUT2D eigenvalue weighted by Crippen LogP contribution is -2.35. The van der Waals surface area contributed by atoms with Gasteiger partial charge in [-0.2, -0.15) is 0 Å². The quantitative estimate of drug-likeness (QED) is 0.696. The van der Waals surface area contributed by atoms with E-state index in [2.05, 4.69) is 13.8 Å². The SMILES string of the molecule is CCCC(O)(CCC)COc1cccc(OC(C)CN)c1. The fraction of sp³-hybridized carbons (Fsp3) is 0.647. The summed E-state index contributed by atoms with van der Waals surface area (Å²) >= 11 is 0. The van der Waals surface area contributed by atoms with Crippen molar-refractivity contribution in [3.8, 4) is 11.5 Å². The molecule has 1 rings (SSSR count). The van der Waals surface area contributed by atoms with Crippen LogP contribution in [0.15, 0.2) is 24.3 Å². The van der Waals surface area contributed by atoms with Crippen LogP contribution in [0.5, 0.6) is 11.5 Å². The fourth-order valence-corrected chi connectivity index (χ4v) is 2.34. The van der Waals surface area contributed by atoms with Crippen LogP contribution in [0.1, 0.15) is 46.5 Å². The maximum Gasteiger partial charge on any atom is 0.123 e. The summed E-state index contributed by atoms with van der Waals surface area (Å²) < 4.78 is 11.4. The highest BCUT2D eigenvalue weighted by Gasteiger charge is 2.25. The molecule has 0 aliphatic rings. The van der Waals surface area contributed by atoms with Crippen LogP contribution in [0.4, 0.5) is 0 Å². The van der Waals surface area contributed by atoms with Crippen LogP contribution in [0.2, 0.25) is 0 Å². The highest BCUT2D eigenvalue weighted by Crippen LogP contribution is 2.24. The van der Waals surface area contributed by atoms with Gasteiger partial charge in [0.1, 0.15) is 24.2 Å². The topological polar surface area (TPSA) is 64.7 Å². The first kappa shape index (κ1) is 17.8. The van der Waals surface area contributed by atoms with Crippen molar-refractivity contribution in [2.45, 2.75) is 58.2 Å². The normalized spacial score (nSPS) is 13.0. The molecular formula is C17H29NO3. The van der Waals surface area contributed by atoms with Crippen molar-refractivity contribution in [1.29, 1.82) is 0 Å². The molecule has 1 aromatic rings. The van der Waals surface area contributed by atoms with Crippen molar-refractivity contribution in [2.24, 2.45) is 5.73 Å². The van der Waals surface area contributed by atoms with Crippen molar-refractivity contribution in [2.75, 3.05) is 13.2 Å². The summed E-state index contributed by atoms with van der Waals surface area (Å²) in [5.74, 6) is 1.45. The predicted octanol–water partition coefficient (Wildman–Crippen LogP) is 3.12. The minimum absolute atomic E-state index is 0.0302. The number of rotatable bonds is 10. The Morgan fingerprint density at radius 2 is 1.81 bits per heavy atom. The molecule has 0 saturated heterocycles. The van der Waals surface area contributed by atoms with Gasteiger partial charge in [-0.15, -0.1) is 0 Å². The highest BCUT2D eigenvalue weighted by atomic mass is 16.5. The van der Waals surface area contributed by atoms with E-state index in [1.54, 1.807) is 0 Å². The lowest BCUT2D eigenvalue weighted by molar-refractivity contribution is -0.0203. The average Bonchev–Trinajstić information content (AvgIpc) is 2.46. The molecule has 0 heterocycles. The van der Waals surface area contributed by atoms with Gasteiger partial charge in [0, 0.05) is 12.6 Å². The van der Waals surface area contributed by atoms with Gasteiger partial charge in [0.05, 0.1) is 5.60 Å². The van der Waals surface area contributed by atoms with Crippen molar-refractivity contribution in [3.05, 3.63) is 24.3 Å². The van der Waals surface area contributed by atoms with E-state index in [1.807, 2.05) is 31.2 Å². The first-order valence-corrected chi connectivity index (χ1v) is 7.85. The zero-order valence-electron chi connectivity index (χ0n) is 13.5. The fourth-order valence-electron chi connectivity index (χ4n) is 2.34. The van der Waals surface area contributed by atoms with E-state index in [1.165, 1.54) is 0 Å². The molecule has 120 valence electrons. The molecule has 4 heteroatoms. The first-order valence-electron chi connectivity index (χ1n) is 7.85. The monoisotopic (exact) mass is 295 g/mol. The van der Waals surface area contributed by atoms with E-state index in [-0.39, 0.29) is 6.10 Å². The van der Waals surface area contributed by atoms with Crippen molar-refractivity contribution < 1.29 is 14.6 Å². The molecule has 0 saturated carbocycles. The smallest absolute Gasteiger partial charge is 0.123 e. The van der Waals surface area contributed by atoms with Gasteiger partial charge in [-0.05, 0) is 31.9 Å². The average molecular weight is 295 g/mol. The van der Waals surface area contributed by atoms with Crippen LogP contribution in [0.25, 0.3) is 0 Å². The Bertz CT molecular complexity index is 403. The van der Waals surface area contributed by atoms with Crippen LogP contribution in [-0.2, 0) is 0 Å². The zero-order chi connectivity index (χ0) is 15.7. The zero-order valence-corrected chi connectivity index (χ0v) is 13.5. The molecule has 0 spiro atoms. The second kappa shape index (κ2) is 8.90. The second-order valence-electron chi connectivity index (χ2n) is 5.65. The standard InChI is InChI=1S/C17H29NO3/c1-4-9-17(19,10-5-2)13-20-15-7-6-8-16(11-15)21-14(3)12-18/h6-8,11,14,19H,4-5,9-10,12-13,18H2,1-3H3. The Kier molecular flexibility index (Phi) is 7.54. The number of ether oxygens (including phenoxy) is 2. The molecule has 0 aliphatic carbocycles. The molecule has 1 unspecified atom stereocenters. The van der Waals surface area contributed by atoms with Crippen molar-refractivity contribution >= 4 is 0 Å². The highest BCUT2D eigenvalue weighted by molar-refractivity contribution is 5.33. The van der Waals surface area contributed by atoms with Crippen LogP contribution < -0.4 is 15.2 Å². The predicted molar refractivity (Wildman–Crippen MR) is 85.8 cm³/mol. The Labute approximate surface area is 128 Å². The molecule has 4 nitrogen and oxygen atoms in total. The molecule has 0 amide bonds. The van der Waals surface area contributed by atoms with Gasteiger partial charge in [-0.1, -0.05) is 32.8 Å². The van der Waals surface area contributed by atoms with Crippen LogP contribution in [0, 0.1) is 0 Å².